The predicted octanol–water partition coefficient (Wildman–Crippen LogP) is 1.56. The highest BCUT2D eigenvalue weighted by molar-refractivity contribution is 5.82. The van der Waals surface area contributed by atoms with E-state index in [1.54, 1.807) is 7.05 Å². The average molecular weight is 346 g/mol. The Labute approximate surface area is 150 Å². The lowest BCUT2D eigenvalue weighted by atomic mass is 9.99. The average Bonchev–Trinajstić information content (AvgIpc) is 2.97. The molecule has 2 atom stereocenters. The molecule has 0 bridgehead atoms. The van der Waals surface area contributed by atoms with Gasteiger partial charge in [0.15, 0.2) is 5.96 Å². The van der Waals surface area contributed by atoms with E-state index >= 15 is 0 Å². The van der Waals surface area contributed by atoms with Gasteiger partial charge in [-0.05, 0) is 31.1 Å². The van der Waals surface area contributed by atoms with Gasteiger partial charge in [-0.15, -0.1) is 0 Å². The first-order chi connectivity index (χ1) is 11.9. The largest absolute Gasteiger partial charge is 0.469 e. The number of hydrogen-bond donors (Lipinski definition) is 1. The lowest BCUT2D eigenvalue weighted by Crippen LogP contribution is -2.40. The van der Waals surface area contributed by atoms with Gasteiger partial charge in [-0.25, -0.2) is 0 Å². The zero-order valence-electron chi connectivity index (χ0n) is 16.0. The molecule has 2 rings (SSSR count). The lowest BCUT2D eigenvalue weighted by molar-refractivity contribution is -0.145. The van der Waals surface area contributed by atoms with E-state index in [2.05, 4.69) is 65.4 Å². The molecule has 1 fully saturated rings. The van der Waals surface area contributed by atoms with Crippen molar-refractivity contribution in [2.24, 2.45) is 16.8 Å². The number of aliphatic imine (C=N–C) groups is 1. The number of likely N-dealkylation sites (tertiary alicyclic amines) is 1. The van der Waals surface area contributed by atoms with Gasteiger partial charge in [-0.3, -0.25) is 9.79 Å². The van der Waals surface area contributed by atoms with Crippen molar-refractivity contribution in [2.45, 2.75) is 20.0 Å². The van der Waals surface area contributed by atoms with Crippen LogP contribution < -0.4 is 5.32 Å². The summed E-state index contributed by atoms with van der Waals surface area (Å²) in [6, 6.07) is 8.60. The van der Waals surface area contributed by atoms with E-state index in [1.165, 1.54) is 18.2 Å². The van der Waals surface area contributed by atoms with E-state index < -0.39 is 0 Å². The first-order valence-corrected chi connectivity index (χ1v) is 8.70. The summed E-state index contributed by atoms with van der Waals surface area (Å²) in [6.45, 7) is 5.19. The molecule has 6 nitrogen and oxygen atoms in total. The quantitative estimate of drug-likeness (QED) is 0.498. The van der Waals surface area contributed by atoms with Crippen molar-refractivity contribution in [1.82, 2.24) is 15.1 Å². The molecule has 0 radical (unpaired) electrons. The van der Waals surface area contributed by atoms with Gasteiger partial charge in [0, 0.05) is 33.2 Å². The molecule has 1 aliphatic heterocycles. The van der Waals surface area contributed by atoms with Gasteiger partial charge in [0.1, 0.15) is 0 Å². The van der Waals surface area contributed by atoms with Crippen molar-refractivity contribution in [1.29, 1.82) is 0 Å². The fraction of sp³-hybridized carbons (Fsp3) is 0.579. The van der Waals surface area contributed by atoms with E-state index in [1.807, 2.05) is 0 Å². The number of rotatable bonds is 5. The van der Waals surface area contributed by atoms with Crippen molar-refractivity contribution in [3.8, 4) is 0 Å². The van der Waals surface area contributed by atoms with Crippen LogP contribution in [0.1, 0.15) is 18.1 Å². The molecule has 0 spiro atoms. The maximum Gasteiger partial charge on any atom is 0.310 e. The van der Waals surface area contributed by atoms with Crippen LogP contribution >= 0.6 is 0 Å². The van der Waals surface area contributed by atoms with Gasteiger partial charge in [-0.2, -0.15) is 0 Å². The number of ether oxygens (including phenoxy) is 1. The number of carbonyl (C=O) groups excluding carboxylic acids is 1. The molecule has 25 heavy (non-hydrogen) atoms. The lowest BCUT2D eigenvalue weighted by Gasteiger charge is -2.21. The summed E-state index contributed by atoms with van der Waals surface area (Å²) in [6.07, 6.45) is 0. The van der Waals surface area contributed by atoms with Gasteiger partial charge in [0.25, 0.3) is 0 Å². The molecular weight excluding hydrogens is 316 g/mol. The molecule has 1 saturated heterocycles. The third-order valence-electron chi connectivity index (χ3n) is 4.60. The molecule has 2 unspecified atom stereocenters. The highest BCUT2D eigenvalue weighted by atomic mass is 16.5. The molecule has 1 aliphatic rings. The summed E-state index contributed by atoms with van der Waals surface area (Å²) >= 11 is 0. The minimum absolute atomic E-state index is 0.0890. The van der Waals surface area contributed by atoms with Crippen LogP contribution in [0.3, 0.4) is 0 Å². The maximum atomic E-state index is 11.9. The Hall–Kier alpha value is -2.08. The standard InChI is InChI=1S/C19H30N4O2/c1-14-11-23(13-17(14)18(24)25-5)19(20-2)21-10-15-6-8-16(9-7-15)12-22(3)4/h6-9,14,17H,10-13H2,1-5H3,(H,20,21). The molecule has 1 aromatic rings. The van der Waals surface area contributed by atoms with Gasteiger partial charge in [-0.1, -0.05) is 31.2 Å². The van der Waals surface area contributed by atoms with E-state index in [0.29, 0.717) is 13.1 Å². The molecule has 1 heterocycles. The minimum Gasteiger partial charge on any atom is -0.469 e. The molecule has 0 aromatic heterocycles. The summed E-state index contributed by atoms with van der Waals surface area (Å²) in [4.78, 5) is 20.5. The summed E-state index contributed by atoms with van der Waals surface area (Å²) in [7, 11) is 7.36. The molecule has 1 aromatic carbocycles. The van der Waals surface area contributed by atoms with Crippen molar-refractivity contribution < 1.29 is 9.53 Å². The molecule has 0 amide bonds. The van der Waals surface area contributed by atoms with Crippen molar-refractivity contribution in [2.75, 3.05) is 41.3 Å². The van der Waals surface area contributed by atoms with Gasteiger partial charge in [0.2, 0.25) is 0 Å². The number of carbonyl (C=O) groups is 1. The summed E-state index contributed by atoms with van der Waals surface area (Å²) < 4.78 is 4.90. The zero-order valence-corrected chi connectivity index (χ0v) is 16.0. The Morgan fingerprint density at radius 3 is 2.48 bits per heavy atom. The topological polar surface area (TPSA) is 57.2 Å². The number of guanidine groups is 1. The zero-order chi connectivity index (χ0) is 18.4. The Balaban J connectivity index is 1.91. The van der Waals surface area contributed by atoms with Crippen LogP contribution in [-0.4, -0.2) is 63.1 Å². The van der Waals surface area contributed by atoms with Crippen LogP contribution in [0.4, 0.5) is 0 Å². The van der Waals surface area contributed by atoms with Crippen molar-refractivity contribution in [3.05, 3.63) is 35.4 Å². The fourth-order valence-corrected chi connectivity index (χ4v) is 3.24. The number of esters is 1. The van der Waals surface area contributed by atoms with Crippen LogP contribution in [0, 0.1) is 11.8 Å². The molecule has 138 valence electrons. The highest BCUT2D eigenvalue weighted by Gasteiger charge is 2.36. The molecule has 6 heteroatoms. The summed E-state index contributed by atoms with van der Waals surface area (Å²) in [5.74, 6) is 0.864. The monoisotopic (exact) mass is 346 g/mol. The normalized spacial score (nSPS) is 20.9. The Kier molecular flexibility index (Phi) is 6.82. The van der Waals surface area contributed by atoms with E-state index in [-0.39, 0.29) is 17.8 Å². The first kappa shape index (κ1) is 19.2. The van der Waals surface area contributed by atoms with E-state index in [0.717, 1.165) is 19.0 Å². The third-order valence-corrected chi connectivity index (χ3v) is 4.60. The SMILES string of the molecule is CN=C(NCc1ccc(CN(C)C)cc1)N1CC(C)C(C(=O)OC)C1. The number of nitrogens with one attached hydrogen (secondary N) is 1. The van der Waals surface area contributed by atoms with E-state index in [9.17, 15) is 4.79 Å². The number of methoxy groups -OCH3 is 1. The van der Waals surface area contributed by atoms with Crippen molar-refractivity contribution in [3.63, 3.8) is 0 Å². The van der Waals surface area contributed by atoms with Crippen LogP contribution in [0.2, 0.25) is 0 Å². The minimum atomic E-state index is -0.137. The third kappa shape index (κ3) is 5.19. The van der Waals surface area contributed by atoms with Crippen LogP contribution in [0.5, 0.6) is 0 Å². The van der Waals surface area contributed by atoms with Gasteiger partial charge >= 0.3 is 5.97 Å². The molecule has 0 saturated carbocycles. The second kappa shape index (κ2) is 8.85. The van der Waals surface area contributed by atoms with Crippen LogP contribution in [-0.2, 0) is 22.6 Å². The second-order valence-corrected chi connectivity index (χ2v) is 6.97. The predicted molar refractivity (Wildman–Crippen MR) is 100 cm³/mol. The smallest absolute Gasteiger partial charge is 0.310 e. The van der Waals surface area contributed by atoms with Gasteiger partial charge in [0.05, 0.1) is 13.0 Å². The summed E-state index contributed by atoms with van der Waals surface area (Å²) in [5, 5.41) is 3.40. The second-order valence-electron chi connectivity index (χ2n) is 6.97. The Bertz CT molecular complexity index is 598. The Morgan fingerprint density at radius 1 is 1.28 bits per heavy atom. The number of nitrogens with zero attached hydrogens (tertiary/aromatic N) is 3. The maximum absolute atomic E-state index is 11.9. The van der Waals surface area contributed by atoms with E-state index in [4.69, 9.17) is 4.74 Å². The molecular formula is C19H30N4O2. The Morgan fingerprint density at radius 2 is 1.92 bits per heavy atom. The van der Waals surface area contributed by atoms with Crippen LogP contribution in [0.25, 0.3) is 0 Å². The molecule has 1 N–H and O–H groups in total. The number of hydrogen-bond acceptors (Lipinski definition) is 4. The highest BCUT2D eigenvalue weighted by Crippen LogP contribution is 2.24. The summed E-state index contributed by atoms with van der Waals surface area (Å²) in [5.41, 5.74) is 2.51. The van der Waals surface area contributed by atoms with Crippen molar-refractivity contribution >= 4 is 11.9 Å². The first-order valence-electron chi connectivity index (χ1n) is 8.70. The van der Waals surface area contributed by atoms with Gasteiger partial charge < -0.3 is 19.9 Å². The van der Waals surface area contributed by atoms with Crippen LogP contribution in [0.15, 0.2) is 29.3 Å². The molecule has 0 aliphatic carbocycles. The fourth-order valence-electron chi connectivity index (χ4n) is 3.24. The number of benzene rings is 1.